The van der Waals surface area contributed by atoms with Crippen molar-refractivity contribution in [1.29, 1.82) is 0 Å². The molecule has 10 heteroatoms. The standard InChI is InChI=1S/C19H27N5O4S/c1-23(2)12-16-5-6-17(28-16)14-29-9-8-21-19(13-24(26)27)22-11-18(25)15-4-3-7-20-10-15/h3-7,10,18,25H,8-9,11-14H2,1-2H3,(H,21,22). The summed E-state index contributed by atoms with van der Waals surface area (Å²) < 4.78 is 5.75. The maximum Gasteiger partial charge on any atom is 0.259 e. The summed E-state index contributed by atoms with van der Waals surface area (Å²) in [6, 6.07) is 7.41. The number of nitrogens with one attached hydrogen (secondary N) is 1. The minimum absolute atomic E-state index is 0.0378. The smallest absolute Gasteiger partial charge is 0.259 e. The molecule has 2 aromatic heterocycles. The van der Waals surface area contributed by atoms with Gasteiger partial charge in [0.15, 0.2) is 5.84 Å². The molecule has 9 nitrogen and oxygen atoms in total. The van der Waals surface area contributed by atoms with Crippen molar-refractivity contribution in [2.75, 3.05) is 39.5 Å². The van der Waals surface area contributed by atoms with E-state index < -0.39 is 17.6 Å². The van der Waals surface area contributed by atoms with Crippen LogP contribution in [0.25, 0.3) is 0 Å². The molecular weight excluding hydrogens is 394 g/mol. The van der Waals surface area contributed by atoms with Crippen LogP contribution in [0.5, 0.6) is 0 Å². The van der Waals surface area contributed by atoms with Gasteiger partial charge in [-0.25, -0.2) is 0 Å². The molecule has 0 aromatic carbocycles. The fourth-order valence-corrected chi connectivity index (χ4v) is 3.24. The van der Waals surface area contributed by atoms with Crippen LogP contribution in [-0.4, -0.2) is 65.2 Å². The summed E-state index contributed by atoms with van der Waals surface area (Å²) >= 11 is 1.67. The Morgan fingerprint density at radius 3 is 2.90 bits per heavy atom. The number of hydrogen-bond donors (Lipinski definition) is 2. The van der Waals surface area contributed by atoms with Crippen molar-refractivity contribution >= 4 is 17.6 Å². The number of furan rings is 1. The normalized spacial score (nSPS) is 12.9. The van der Waals surface area contributed by atoms with Gasteiger partial charge in [-0.3, -0.25) is 20.1 Å². The highest BCUT2D eigenvalue weighted by Crippen LogP contribution is 2.16. The molecule has 1 unspecified atom stereocenters. The van der Waals surface area contributed by atoms with Crippen molar-refractivity contribution < 1.29 is 14.4 Å². The number of rotatable bonds is 12. The van der Waals surface area contributed by atoms with Crippen LogP contribution in [-0.2, 0) is 12.3 Å². The summed E-state index contributed by atoms with van der Waals surface area (Å²) in [7, 11) is 3.98. The Hall–Kier alpha value is -2.43. The van der Waals surface area contributed by atoms with E-state index in [2.05, 4.69) is 15.3 Å². The molecule has 29 heavy (non-hydrogen) atoms. The number of pyridine rings is 1. The number of hydrogen-bond acceptors (Lipinski definition) is 8. The van der Waals surface area contributed by atoms with Gasteiger partial charge in [0.2, 0.25) is 0 Å². The average molecular weight is 422 g/mol. The van der Waals surface area contributed by atoms with Crippen LogP contribution in [0.1, 0.15) is 23.2 Å². The number of aliphatic imine (C=N–C) groups is 1. The molecule has 0 saturated heterocycles. The lowest BCUT2D eigenvalue weighted by Crippen LogP contribution is -2.32. The van der Waals surface area contributed by atoms with Crippen LogP contribution >= 0.6 is 11.8 Å². The van der Waals surface area contributed by atoms with E-state index in [1.165, 1.54) is 0 Å². The fourth-order valence-electron chi connectivity index (χ4n) is 2.50. The maximum absolute atomic E-state index is 10.9. The third kappa shape index (κ3) is 9.07. The van der Waals surface area contributed by atoms with Crippen LogP contribution < -0.4 is 5.32 Å². The largest absolute Gasteiger partial charge is 0.464 e. The predicted octanol–water partition coefficient (Wildman–Crippen LogP) is 1.97. The van der Waals surface area contributed by atoms with Crippen LogP contribution in [0, 0.1) is 10.1 Å². The highest BCUT2D eigenvalue weighted by atomic mass is 32.2. The highest BCUT2D eigenvalue weighted by molar-refractivity contribution is 7.98. The van der Waals surface area contributed by atoms with Crippen molar-refractivity contribution in [3.8, 4) is 0 Å². The number of aliphatic hydroxyl groups excluding tert-OH is 1. The van der Waals surface area contributed by atoms with E-state index in [1.807, 2.05) is 31.1 Å². The molecule has 2 rings (SSSR count). The summed E-state index contributed by atoms with van der Waals surface area (Å²) in [5.41, 5.74) is 0.624. The van der Waals surface area contributed by atoms with E-state index in [0.29, 0.717) is 12.1 Å². The zero-order chi connectivity index (χ0) is 21.1. The number of thioether (sulfide) groups is 1. The topological polar surface area (TPSA) is 117 Å². The third-order valence-corrected chi connectivity index (χ3v) is 4.79. The van der Waals surface area contributed by atoms with Gasteiger partial charge in [0.05, 0.1) is 18.8 Å². The zero-order valence-electron chi connectivity index (χ0n) is 16.7. The Bertz CT molecular complexity index is 782. The van der Waals surface area contributed by atoms with Gasteiger partial charge in [-0.05, 0) is 32.3 Å². The van der Waals surface area contributed by atoms with E-state index >= 15 is 0 Å². The Morgan fingerprint density at radius 2 is 2.21 bits per heavy atom. The minimum Gasteiger partial charge on any atom is -0.464 e. The number of aliphatic hydroxyl groups is 1. The molecule has 158 valence electrons. The first-order chi connectivity index (χ1) is 13.9. The molecule has 0 fully saturated rings. The van der Waals surface area contributed by atoms with Gasteiger partial charge in [0.1, 0.15) is 17.6 Å². The number of nitro groups is 1. The maximum atomic E-state index is 10.9. The van der Waals surface area contributed by atoms with Crippen LogP contribution in [0.15, 0.2) is 46.1 Å². The zero-order valence-corrected chi connectivity index (χ0v) is 17.5. The molecule has 0 radical (unpaired) electrons. The van der Waals surface area contributed by atoms with Crippen LogP contribution in [0.2, 0.25) is 0 Å². The Balaban J connectivity index is 1.75. The second-order valence-electron chi connectivity index (χ2n) is 6.67. The lowest BCUT2D eigenvalue weighted by atomic mass is 10.2. The number of amidine groups is 1. The molecule has 0 aliphatic rings. The van der Waals surface area contributed by atoms with Gasteiger partial charge < -0.3 is 19.7 Å². The molecule has 2 N–H and O–H groups in total. The van der Waals surface area contributed by atoms with Crippen molar-refractivity contribution in [3.05, 3.63) is 63.9 Å². The predicted molar refractivity (Wildman–Crippen MR) is 114 cm³/mol. The Morgan fingerprint density at radius 1 is 1.41 bits per heavy atom. The van der Waals surface area contributed by atoms with Gasteiger partial charge in [0, 0.05) is 35.2 Å². The van der Waals surface area contributed by atoms with Crippen LogP contribution in [0.4, 0.5) is 0 Å². The van der Waals surface area contributed by atoms with Gasteiger partial charge in [-0.2, -0.15) is 11.8 Å². The van der Waals surface area contributed by atoms with Crippen molar-refractivity contribution in [2.24, 2.45) is 4.99 Å². The van der Waals surface area contributed by atoms with Crippen LogP contribution in [0.3, 0.4) is 0 Å². The second kappa shape index (κ2) is 12.2. The quantitative estimate of drug-likeness (QED) is 0.176. The summed E-state index contributed by atoms with van der Waals surface area (Å²) in [6.45, 7) is 0.927. The summed E-state index contributed by atoms with van der Waals surface area (Å²) in [5, 5.41) is 24.0. The van der Waals surface area contributed by atoms with E-state index in [9.17, 15) is 15.2 Å². The molecule has 0 aliphatic carbocycles. The minimum atomic E-state index is -0.850. The SMILES string of the molecule is CN(C)Cc1ccc(CSCCNC(C[N+](=O)[O-])=NCC(O)c2cccnc2)o1. The molecular formula is C19H27N5O4S. The lowest BCUT2D eigenvalue weighted by Gasteiger charge is -2.10. The Labute approximate surface area is 174 Å². The first-order valence-corrected chi connectivity index (χ1v) is 10.4. The van der Waals surface area contributed by atoms with E-state index in [-0.39, 0.29) is 12.4 Å². The van der Waals surface area contributed by atoms with Gasteiger partial charge in [-0.15, -0.1) is 0 Å². The fraction of sp³-hybridized carbons (Fsp3) is 0.474. The molecule has 0 spiro atoms. The molecule has 1 atom stereocenters. The first kappa shape index (κ1) is 22.9. The van der Waals surface area contributed by atoms with E-state index in [0.717, 1.165) is 29.6 Å². The molecule has 2 heterocycles. The summed E-state index contributed by atoms with van der Waals surface area (Å²) in [6.07, 6.45) is 2.32. The molecule has 2 aromatic rings. The van der Waals surface area contributed by atoms with Gasteiger partial charge >= 0.3 is 0 Å². The lowest BCUT2D eigenvalue weighted by molar-refractivity contribution is -0.463. The summed E-state index contributed by atoms with van der Waals surface area (Å²) in [4.78, 5) is 20.6. The monoisotopic (exact) mass is 421 g/mol. The summed E-state index contributed by atoms with van der Waals surface area (Å²) in [5.74, 6) is 3.56. The van der Waals surface area contributed by atoms with Gasteiger partial charge in [-0.1, -0.05) is 6.07 Å². The Kier molecular flexibility index (Phi) is 9.62. The first-order valence-electron chi connectivity index (χ1n) is 9.21. The number of nitrogens with zero attached hydrogens (tertiary/aromatic N) is 4. The van der Waals surface area contributed by atoms with Crippen molar-refractivity contribution in [3.63, 3.8) is 0 Å². The van der Waals surface area contributed by atoms with Crippen molar-refractivity contribution in [2.45, 2.75) is 18.4 Å². The van der Waals surface area contributed by atoms with Gasteiger partial charge in [0.25, 0.3) is 6.54 Å². The second-order valence-corrected chi connectivity index (χ2v) is 7.77. The average Bonchev–Trinajstić information content (AvgIpc) is 3.12. The van der Waals surface area contributed by atoms with E-state index in [4.69, 9.17) is 4.42 Å². The third-order valence-electron chi connectivity index (χ3n) is 3.81. The van der Waals surface area contributed by atoms with E-state index in [1.54, 1.807) is 36.3 Å². The van der Waals surface area contributed by atoms with Crippen molar-refractivity contribution in [1.82, 2.24) is 15.2 Å². The molecule has 0 bridgehead atoms. The molecule has 0 amide bonds. The molecule has 0 aliphatic heterocycles. The number of aromatic nitrogens is 1. The molecule has 0 saturated carbocycles. The highest BCUT2D eigenvalue weighted by Gasteiger charge is 2.11.